The van der Waals surface area contributed by atoms with Crippen LogP contribution in [0.4, 0.5) is 10.1 Å². The third-order valence-electron chi connectivity index (χ3n) is 4.87. The zero-order chi connectivity index (χ0) is 17.6. The number of aryl methyl sites for hydroxylation is 1. The highest BCUT2D eigenvalue weighted by atomic mass is 19.1. The van der Waals surface area contributed by atoms with E-state index >= 15 is 0 Å². The first-order valence-electron chi connectivity index (χ1n) is 8.27. The number of nitrogens with zero attached hydrogens (tertiary/aromatic N) is 5. The summed E-state index contributed by atoms with van der Waals surface area (Å²) in [5.74, 6) is 0.378. The van der Waals surface area contributed by atoms with Crippen molar-refractivity contribution in [2.45, 2.75) is 26.4 Å². The maximum absolute atomic E-state index is 14.0. The molecule has 2 amide bonds. The Hall–Kier alpha value is -2.77. The van der Waals surface area contributed by atoms with Crippen molar-refractivity contribution in [3.8, 4) is 0 Å². The van der Waals surface area contributed by atoms with E-state index in [0.29, 0.717) is 19.6 Å². The standard InChI is InChI=1S/C17H18FN5O2/c1-11-19-20-15-10-21(6-7-22(11)15)17(25)12-8-16(24)23(9-12)14-5-3-2-4-13(14)18/h2-5,12H,6-10H2,1H3/t12-/m0/s1. The van der Waals surface area contributed by atoms with Crippen molar-refractivity contribution >= 4 is 17.5 Å². The number of carbonyl (C=O) groups excluding carboxylic acids is 2. The van der Waals surface area contributed by atoms with Crippen LogP contribution >= 0.6 is 0 Å². The fourth-order valence-corrected chi connectivity index (χ4v) is 3.53. The van der Waals surface area contributed by atoms with Crippen molar-refractivity contribution in [3.63, 3.8) is 0 Å². The summed E-state index contributed by atoms with van der Waals surface area (Å²) in [6.45, 7) is 3.70. The van der Waals surface area contributed by atoms with E-state index in [1.165, 1.54) is 11.0 Å². The molecular weight excluding hydrogens is 325 g/mol. The molecule has 0 unspecified atom stereocenters. The molecule has 25 heavy (non-hydrogen) atoms. The maximum Gasteiger partial charge on any atom is 0.228 e. The summed E-state index contributed by atoms with van der Waals surface area (Å²) in [5.41, 5.74) is 0.233. The van der Waals surface area contributed by atoms with Gasteiger partial charge in [0, 0.05) is 26.1 Å². The highest BCUT2D eigenvalue weighted by Gasteiger charge is 2.39. The minimum Gasteiger partial charge on any atom is -0.333 e. The first kappa shape index (κ1) is 15.7. The SMILES string of the molecule is Cc1nnc2n1CCN(C(=O)[C@H]1CC(=O)N(c3ccccc3F)C1)C2. The lowest BCUT2D eigenvalue weighted by Gasteiger charge is -2.29. The Bertz CT molecular complexity index is 849. The molecule has 0 spiro atoms. The van der Waals surface area contributed by atoms with Crippen LogP contribution in [0.15, 0.2) is 24.3 Å². The van der Waals surface area contributed by atoms with Crippen LogP contribution in [0.25, 0.3) is 0 Å². The number of amides is 2. The Morgan fingerprint density at radius 1 is 1.24 bits per heavy atom. The lowest BCUT2D eigenvalue weighted by atomic mass is 10.1. The Labute approximate surface area is 144 Å². The molecule has 3 heterocycles. The lowest BCUT2D eigenvalue weighted by Crippen LogP contribution is -2.42. The van der Waals surface area contributed by atoms with E-state index in [4.69, 9.17) is 0 Å². The van der Waals surface area contributed by atoms with Gasteiger partial charge in [-0.2, -0.15) is 0 Å². The average molecular weight is 343 g/mol. The summed E-state index contributed by atoms with van der Waals surface area (Å²) in [5, 5.41) is 8.13. The predicted molar refractivity (Wildman–Crippen MR) is 87.0 cm³/mol. The van der Waals surface area contributed by atoms with Crippen LogP contribution in [0.1, 0.15) is 18.1 Å². The number of benzene rings is 1. The van der Waals surface area contributed by atoms with Gasteiger partial charge in [0.2, 0.25) is 11.8 Å². The number of anilines is 1. The number of rotatable bonds is 2. The second-order valence-electron chi connectivity index (χ2n) is 6.43. The number of fused-ring (bicyclic) bond motifs is 1. The fraction of sp³-hybridized carbons (Fsp3) is 0.412. The lowest BCUT2D eigenvalue weighted by molar-refractivity contribution is -0.137. The van der Waals surface area contributed by atoms with E-state index in [9.17, 15) is 14.0 Å². The number of hydrogen-bond donors (Lipinski definition) is 0. The Kier molecular flexibility index (Phi) is 3.74. The Balaban J connectivity index is 1.49. The Morgan fingerprint density at radius 2 is 2.04 bits per heavy atom. The molecule has 1 saturated heterocycles. The van der Waals surface area contributed by atoms with Crippen molar-refractivity contribution in [1.82, 2.24) is 19.7 Å². The summed E-state index contributed by atoms with van der Waals surface area (Å²) in [4.78, 5) is 28.2. The zero-order valence-electron chi connectivity index (χ0n) is 13.9. The second kappa shape index (κ2) is 5.94. The summed E-state index contributed by atoms with van der Waals surface area (Å²) in [6, 6.07) is 6.14. The first-order valence-corrected chi connectivity index (χ1v) is 8.27. The molecule has 1 aromatic heterocycles. The number of hydrogen-bond acceptors (Lipinski definition) is 4. The number of carbonyl (C=O) groups is 2. The Morgan fingerprint density at radius 3 is 2.84 bits per heavy atom. The van der Waals surface area contributed by atoms with Gasteiger partial charge in [0.05, 0.1) is 18.2 Å². The third kappa shape index (κ3) is 2.67. The smallest absolute Gasteiger partial charge is 0.228 e. The van der Waals surface area contributed by atoms with Gasteiger partial charge >= 0.3 is 0 Å². The molecule has 1 atom stereocenters. The molecule has 7 nitrogen and oxygen atoms in total. The molecule has 2 aliphatic rings. The third-order valence-corrected chi connectivity index (χ3v) is 4.87. The number of halogens is 1. The van der Waals surface area contributed by atoms with Gasteiger partial charge in [0.25, 0.3) is 0 Å². The van der Waals surface area contributed by atoms with Gasteiger partial charge < -0.3 is 14.4 Å². The summed E-state index contributed by atoms with van der Waals surface area (Å²) < 4.78 is 16.0. The minimum atomic E-state index is -0.456. The van der Waals surface area contributed by atoms with Crippen LogP contribution in [0.3, 0.4) is 0 Å². The number of aromatic nitrogens is 3. The second-order valence-corrected chi connectivity index (χ2v) is 6.43. The molecule has 1 aromatic carbocycles. The summed E-state index contributed by atoms with van der Waals surface area (Å²) in [6.07, 6.45) is 0.107. The minimum absolute atomic E-state index is 0.0842. The molecule has 2 aliphatic heterocycles. The topological polar surface area (TPSA) is 71.3 Å². The molecule has 0 saturated carbocycles. The quantitative estimate of drug-likeness (QED) is 0.819. The van der Waals surface area contributed by atoms with Crippen LogP contribution in [0.2, 0.25) is 0 Å². The maximum atomic E-state index is 14.0. The normalized spacial score (nSPS) is 20.1. The average Bonchev–Trinajstić information content (AvgIpc) is 3.18. The molecule has 2 aromatic rings. The highest BCUT2D eigenvalue weighted by Crippen LogP contribution is 2.29. The highest BCUT2D eigenvalue weighted by molar-refractivity contribution is 6.00. The van der Waals surface area contributed by atoms with E-state index in [1.54, 1.807) is 23.1 Å². The number of para-hydroxylation sites is 1. The van der Waals surface area contributed by atoms with Crippen LogP contribution in [0.5, 0.6) is 0 Å². The van der Waals surface area contributed by atoms with Gasteiger partial charge in [0.15, 0.2) is 5.82 Å². The first-order chi connectivity index (χ1) is 12.0. The van der Waals surface area contributed by atoms with E-state index in [0.717, 1.165) is 11.6 Å². The molecule has 0 bridgehead atoms. The monoisotopic (exact) mass is 343 g/mol. The van der Waals surface area contributed by atoms with Gasteiger partial charge in [-0.15, -0.1) is 10.2 Å². The summed E-state index contributed by atoms with van der Waals surface area (Å²) >= 11 is 0. The molecule has 1 fully saturated rings. The van der Waals surface area contributed by atoms with Crippen LogP contribution < -0.4 is 4.90 Å². The van der Waals surface area contributed by atoms with Crippen LogP contribution in [-0.4, -0.2) is 44.6 Å². The van der Waals surface area contributed by atoms with Crippen molar-refractivity contribution < 1.29 is 14.0 Å². The molecule has 0 aliphatic carbocycles. The van der Waals surface area contributed by atoms with E-state index in [-0.39, 0.29) is 30.5 Å². The largest absolute Gasteiger partial charge is 0.333 e. The summed E-state index contributed by atoms with van der Waals surface area (Å²) in [7, 11) is 0. The molecule has 130 valence electrons. The molecule has 8 heteroatoms. The van der Waals surface area contributed by atoms with Gasteiger partial charge in [-0.1, -0.05) is 12.1 Å². The van der Waals surface area contributed by atoms with Crippen LogP contribution in [0, 0.1) is 18.7 Å². The molecule has 4 rings (SSSR count). The fourth-order valence-electron chi connectivity index (χ4n) is 3.53. The molecular formula is C17H18FN5O2. The van der Waals surface area contributed by atoms with E-state index < -0.39 is 11.7 Å². The predicted octanol–water partition coefficient (Wildman–Crippen LogP) is 1.12. The van der Waals surface area contributed by atoms with E-state index in [2.05, 4.69) is 10.2 Å². The van der Waals surface area contributed by atoms with Crippen molar-refractivity contribution in [2.75, 3.05) is 18.0 Å². The van der Waals surface area contributed by atoms with E-state index in [1.807, 2.05) is 11.5 Å². The van der Waals surface area contributed by atoms with Crippen molar-refractivity contribution in [2.24, 2.45) is 5.92 Å². The van der Waals surface area contributed by atoms with Crippen LogP contribution in [-0.2, 0) is 22.7 Å². The van der Waals surface area contributed by atoms with Gasteiger partial charge in [0.1, 0.15) is 11.6 Å². The van der Waals surface area contributed by atoms with Gasteiger partial charge in [-0.3, -0.25) is 9.59 Å². The van der Waals surface area contributed by atoms with Crippen molar-refractivity contribution in [3.05, 3.63) is 41.7 Å². The van der Waals surface area contributed by atoms with Gasteiger partial charge in [-0.05, 0) is 19.1 Å². The molecule has 0 N–H and O–H groups in total. The zero-order valence-corrected chi connectivity index (χ0v) is 13.9. The van der Waals surface area contributed by atoms with Crippen molar-refractivity contribution in [1.29, 1.82) is 0 Å². The van der Waals surface area contributed by atoms with Gasteiger partial charge in [-0.25, -0.2) is 4.39 Å². The molecule has 0 radical (unpaired) electrons.